The summed E-state index contributed by atoms with van der Waals surface area (Å²) in [6.07, 6.45) is 3.03. The highest BCUT2D eigenvalue weighted by Gasteiger charge is 2.28. The van der Waals surface area contributed by atoms with Crippen molar-refractivity contribution in [3.8, 4) is 0 Å². The first-order valence-electron chi connectivity index (χ1n) is 5.30. The van der Waals surface area contributed by atoms with Crippen LogP contribution in [0, 0.1) is 16.8 Å². The molecular formula is C11H16FN5. The molecule has 1 aliphatic carbocycles. The molecule has 1 aromatic rings. The molecular weight excluding hydrogens is 221 g/mol. The quantitative estimate of drug-likeness (QED) is 0.325. The molecule has 0 spiro atoms. The molecule has 0 aromatic heterocycles. The van der Waals surface area contributed by atoms with Gasteiger partial charge in [0.15, 0.2) is 0 Å². The fraction of sp³-hybridized carbons (Fsp3) is 0.364. The molecule has 0 amide bonds. The van der Waals surface area contributed by atoms with E-state index in [4.69, 9.17) is 10.9 Å². The van der Waals surface area contributed by atoms with Gasteiger partial charge in [-0.3, -0.25) is 5.41 Å². The van der Waals surface area contributed by atoms with Crippen LogP contribution in [0.2, 0.25) is 0 Å². The van der Waals surface area contributed by atoms with Gasteiger partial charge in [-0.1, -0.05) is 5.22 Å². The summed E-state index contributed by atoms with van der Waals surface area (Å²) in [5, 5.41) is 11.4. The molecule has 1 fully saturated rings. The van der Waals surface area contributed by atoms with Crippen molar-refractivity contribution in [1.82, 2.24) is 0 Å². The van der Waals surface area contributed by atoms with Crippen LogP contribution in [-0.2, 0) is 0 Å². The summed E-state index contributed by atoms with van der Waals surface area (Å²) in [5.74, 6) is 0.0791. The van der Waals surface area contributed by atoms with Crippen molar-refractivity contribution < 1.29 is 4.39 Å². The Hall–Kier alpha value is -1.82. The molecule has 5 nitrogen and oxygen atoms in total. The molecule has 1 aliphatic rings. The Morgan fingerprint density at radius 2 is 2.12 bits per heavy atom. The molecule has 4 N–H and O–H groups in total. The minimum atomic E-state index is -0.282. The van der Waals surface area contributed by atoms with Gasteiger partial charge in [-0.25, -0.2) is 9.40 Å². The third-order valence-electron chi connectivity index (χ3n) is 2.48. The van der Waals surface area contributed by atoms with Crippen molar-refractivity contribution in [2.45, 2.75) is 18.8 Å². The number of hydrogen-bond donors (Lipinski definition) is 3. The van der Waals surface area contributed by atoms with E-state index in [1.807, 2.05) is 0 Å². The van der Waals surface area contributed by atoms with Crippen LogP contribution < -0.4 is 10.7 Å². The minimum Gasteiger partial charge on any atom is -0.333 e. The summed E-state index contributed by atoms with van der Waals surface area (Å²) in [6, 6.07) is 4.35. The van der Waals surface area contributed by atoms with Crippen molar-refractivity contribution in [3.63, 3.8) is 0 Å². The average Bonchev–Trinajstić information content (AvgIpc) is 3.19. The summed E-state index contributed by atoms with van der Waals surface area (Å²) in [4.78, 5) is 0. The lowest BCUT2D eigenvalue weighted by molar-refractivity contribution is 0.625. The van der Waals surface area contributed by atoms with Crippen LogP contribution in [0.15, 0.2) is 23.4 Å². The molecule has 0 saturated heterocycles. The van der Waals surface area contributed by atoms with Crippen LogP contribution in [0.1, 0.15) is 24.3 Å². The molecule has 0 atom stereocenters. The number of hydrogen-bond acceptors (Lipinski definition) is 4. The maximum atomic E-state index is 13.1. The van der Waals surface area contributed by atoms with Crippen molar-refractivity contribution >= 4 is 12.0 Å². The van der Waals surface area contributed by atoms with E-state index in [9.17, 15) is 4.39 Å². The second-order valence-electron chi connectivity index (χ2n) is 3.55. The maximum Gasteiger partial charge on any atom is 0.123 e. The van der Waals surface area contributed by atoms with Crippen LogP contribution in [-0.4, -0.2) is 13.4 Å². The van der Waals surface area contributed by atoms with Gasteiger partial charge >= 0.3 is 0 Å². The second kappa shape index (κ2) is 6.05. The van der Waals surface area contributed by atoms with E-state index in [2.05, 4.69) is 11.0 Å². The SMILES string of the molecule is CN.N=CN(N=N)c1ccc(F)cc1C1CC1. The Morgan fingerprint density at radius 3 is 2.59 bits per heavy atom. The molecule has 0 heterocycles. The third-order valence-corrected chi connectivity index (χ3v) is 2.48. The van der Waals surface area contributed by atoms with Crippen LogP contribution in [0.25, 0.3) is 0 Å². The Balaban J connectivity index is 0.000000686. The lowest BCUT2D eigenvalue weighted by atomic mass is 10.1. The monoisotopic (exact) mass is 237 g/mol. The van der Waals surface area contributed by atoms with Crippen LogP contribution >= 0.6 is 0 Å². The summed E-state index contributed by atoms with van der Waals surface area (Å²) in [5.41, 5.74) is 12.9. The zero-order chi connectivity index (χ0) is 12.8. The third kappa shape index (κ3) is 3.07. The maximum absolute atomic E-state index is 13.1. The zero-order valence-electron chi connectivity index (χ0n) is 9.65. The minimum absolute atomic E-state index is 0.282. The highest BCUT2D eigenvalue weighted by atomic mass is 19.1. The van der Waals surface area contributed by atoms with Gasteiger partial charge in [0.2, 0.25) is 0 Å². The first-order chi connectivity index (χ1) is 8.26. The van der Waals surface area contributed by atoms with Crippen LogP contribution in [0.3, 0.4) is 0 Å². The van der Waals surface area contributed by atoms with E-state index < -0.39 is 0 Å². The van der Waals surface area contributed by atoms with Crippen LogP contribution in [0.5, 0.6) is 0 Å². The number of anilines is 1. The molecule has 0 bridgehead atoms. The smallest absolute Gasteiger partial charge is 0.123 e. The number of benzene rings is 1. The highest BCUT2D eigenvalue weighted by Crippen LogP contribution is 2.44. The highest BCUT2D eigenvalue weighted by molar-refractivity contribution is 5.78. The lowest BCUT2D eigenvalue weighted by Gasteiger charge is -2.14. The molecule has 1 saturated carbocycles. The van der Waals surface area contributed by atoms with E-state index in [1.165, 1.54) is 19.2 Å². The largest absolute Gasteiger partial charge is 0.333 e. The molecule has 1 aromatic carbocycles. The van der Waals surface area contributed by atoms with Crippen molar-refractivity contribution in [2.75, 3.05) is 12.1 Å². The Bertz CT molecular complexity index is 395. The fourth-order valence-electron chi connectivity index (χ4n) is 1.61. The van der Waals surface area contributed by atoms with Gasteiger partial charge in [0.1, 0.15) is 12.2 Å². The van der Waals surface area contributed by atoms with Gasteiger partial charge in [0.25, 0.3) is 0 Å². The summed E-state index contributed by atoms with van der Waals surface area (Å²) < 4.78 is 13.1. The van der Waals surface area contributed by atoms with Gasteiger partial charge in [0.05, 0.1) is 5.69 Å². The van der Waals surface area contributed by atoms with E-state index in [1.54, 1.807) is 6.07 Å². The number of halogens is 1. The van der Waals surface area contributed by atoms with Gasteiger partial charge < -0.3 is 5.73 Å². The molecule has 17 heavy (non-hydrogen) atoms. The molecule has 0 radical (unpaired) electrons. The number of rotatable bonds is 4. The molecule has 6 heteroatoms. The van der Waals surface area contributed by atoms with Gasteiger partial charge in [0, 0.05) is 0 Å². The Kier molecular flexibility index (Phi) is 4.71. The van der Waals surface area contributed by atoms with E-state index >= 15 is 0 Å². The van der Waals surface area contributed by atoms with Crippen molar-refractivity contribution in [1.29, 1.82) is 10.9 Å². The topological polar surface area (TPSA) is 89.3 Å². The van der Waals surface area contributed by atoms with Crippen molar-refractivity contribution in [3.05, 3.63) is 29.6 Å². The first-order valence-corrected chi connectivity index (χ1v) is 5.30. The normalized spacial score (nSPS) is 13.4. The predicted molar refractivity (Wildman–Crippen MR) is 64.9 cm³/mol. The number of nitrogens with one attached hydrogen (secondary N) is 2. The Labute approximate surface area is 99.4 Å². The molecule has 0 aliphatic heterocycles. The van der Waals surface area contributed by atoms with E-state index in [-0.39, 0.29) is 5.82 Å². The zero-order valence-corrected chi connectivity index (χ0v) is 9.65. The molecule has 92 valence electrons. The summed E-state index contributed by atoms with van der Waals surface area (Å²) in [6.45, 7) is 0. The standard InChI is InChI=1S/C10H11FN4.CH5N/c11-8-3-4-10(15(6-12)14-13)9(5-8)7-1-2-7;1-2/h3-7,12-13H,1-2H2;2H2,1H3. The molecule has 2 rings (SSSR count). The average molecular weight is 237 g/mol. The van der Waals surface area contributed by atoms with E-state index in [0.29, 0.717) is 11.6 Å². The fourth-order valence-corrected chi connectivity index (χ4v) is 1.61. The number of nitrogens with zero attached hydrogens (tertiary/aromatic N) is 2. The Morgan fingerprint density at radius 1 is 1.47 bits per heavy atom. The van der Waals surface area contributed by atoms with Crippen molar-refractivity contribution in [2.24, 2.45) is 11.0 Å². The lowest BCUT2D eigenvalue weighted by Crippen LogP contribution is -2.13. The summed E-state index contributed by atoms with van der Waals surface area (Å²) >= 11 is 0. The summed E-state index contributed by atoms with van der Waals surface area (Å²) in [7, 11) is 1.50. The molecule has 0 unspecified atom stereocenters. The van der Waals surface area contributed by atoms with E-state index in [0.717, 1.165) is 29.8 Å². The first kappa shape index (κ1) is 13.2. The van der Waals surface area contributed by atoms with Gasteiger partial charge in [-0.15, -0.1) is 0 Å². The van der Waals surface area contributed by atoms with Crippen LogP contribution in [0.4, 0.5) is 10.1 Å². The van der Waals surface area contributed by atoms with Gasteiger partial charge in [-0.2, -0.15) is 5.53 Å². The predicted octanol–water partition coefficient (Wildman–Crippen LogP) is 2.64. The van der Waals surface area contributed by atoms with Gasteiger partial charge in [-0.05, 0) is 49.6 Å². The second-order valence-corrected chi connectivity index (χ2v) is 3.55. The number of nitrogens with two attached hydrogens (primary N) is 1.